The molecule has 1 saturated heterocycles. The van der Waals surface area contributed by atoms with Gasteiger partial charge in [-0.25, -0.2) is 0 Å². The third-order valence-electron chi connectivity index (χ3n) is 3.88. The Kier molecular flexibility index (Phi) is 4.44. The lowest BCUT2D eigenvalue weighted by Crippen LogP contribution is -2.41. The van der Waals surface area contributed by atoms with Crippen LogP contribution in [-0.4, -0.2) is 42.9 Å². The zero-order chi connectivity index (χ0) is 12.4. The van der Waals surface area contributed by atoms with Crippen molar-refractivity contribution in [1.29, 1.82) is 0 Å². The van der Waals surface area contributed by atoms with E-state index in [-0.39, 0.29) is 18.3 Å². The molecule has 1 fully saturated rings. The van der Waals surface area contributed by atoms with Gasteiger partial charge >= 0.3 is 7.12 Å². The van der Waals surface area contributed by atoms with Crippen molar-refractivity contribution in [1.82, 2.24) is 4.90 Å². The summed E-state index contributed by atoms with van der Waals surface area (Å²) >= 11 is 0. The Bertz CT molecular complexity index is 211. The highest BCUT2D eigenvalue weighted by Crippen LogP contribution is 2.37. The van der Waals surface area contributed by atoms with Gasteiger partial charge in [0.15, 0.2) is 0 Å². The smallest absolute Gasteiger partial charge is 0.403 e. The van der Waals surface area contributed by atoms with Gasteiger partial charge in [0.05, 0.1) is 11.2 Å². The molecule has 1 rings (SSSR count). The highest BCUT2D eigenvalue weighted by atomic mass is 16.7. The summed E-state index contributed by atoms with van der Waals surface area (Å²) < 4.78 is 11.9. The van der Waals surface area contributed by atoms with Crippen molar-refractivity contribution in [2.75, 3.05) is 19.6 Å². The van der Waals surface area contributed by atoms with Gasteiger partial charge in [0.1, 0.15) is 0 Å². The molecule has 94 valence electrons. The molecular weight excluding hydrogens is 201 g/mol. The molecule has 0 spiro atoms. The summed E-state index contributed by atoms with van der Waals surface area (Å²) in [5.74, 6) is 0. The van der Waals surface area contributed by atoms with Crippen molar-refractivity contribution in [2.45, 2.75) is 59.1 Å². The number of nitrogens with zero attached hydrogens (tertiary/aromatic N) is 1. The molecule has 0 amide bonds. The lowest BCUT2D eigenvalue weighted by Gasteiger charge is -2.32. The van der Waals surface area contributed by atoms with Gasteiger partial charge < -0.3 is 14.2 Å². The first-order valence-corrected chi connectivity index (χ1v) is 6.40. The Morgan fingerprint density at radius 1 is 0.938 bits per heavy atom. The molecule has 4 heteroatoms. The molecule has 0 aliphatic carbocycles. The van der Waals surface area contributed by atoms with E-state index in [1.807, 2.05) is 0 Å². The van der Waals surface area contributed by atoms with Crippen LogP contribution in [0.15, 0.2) is 0 Å². The zero-order valence-electron chi connectivity index (χ0n) is 11.7. The fourth-order valence-corrected chi connectivity index (χ4v) is 1.91. The lowest BCUT2D eigenvalue weighted by molar-refractivity contribution is 0.00578. The normalized spacial score (nSPS) is 23.1. The molecule has 1 aliphatic heterocycles. The van der Waals surface area contributed by atoms with Gasteiger partial charge in [0, 0.05) is 0 Å². The average Bonchev–Trinajstić information content (AvgIpc) is 2.37. The first kappa shape index (κ1) is 14.0. The molecule has 0 bridgehead atoms. The van der Waals surface area contributed by atoms with Crippen molar-refractivity contribution in [3.8, 4) is 0 Å². The topological polar surface area (TPSA) is 21.7 Å². The molecule has 0 aromatic rings. The largest absolute Gasteiger partial charge is 0.459 e. The molecule has 16 heavy (non-hydrogen) atoms. The van der Waals surface area contributed by atoms with Crippen LogP contribution >= 0.6 is 0 Å². The Labute approximate surface area is 101 Å². The van der Waals surface area contributed by atoms with Gasteiger partial charge in [-0.1, -0.05) is 13.8 Å². The second-order valence-corrected chi connectivity index (χ2v) is 5.50. The molecule has 0 atom stereocenters. The maximum absolute atomic E-state index is 5.95. The molecule has 0 saturated carbocycles. The van der Waals surface area contributed by atoms with E-state index in [1.54, 1.807) is 0 Å². The van der Waals surface area contributed by atoms with Crippen LogP contribution in [-0.2, 0) is 9.31 Å². The van der Waals surface area contributed by atoms with Crippen molar-refractivity contribution >= 4 is 7.12 Å². The summed E-state index contributed by atoms with van der Waals surface area (Å²) in [6, 6.07) is 0. The van der Waals surface area contributed by atoms with Crippen LogP contribution < -0.4 is 0 Å². The molecular formula is C12H26BNO2. The number of hydrogen-bond donors (Lipinski definition) is 0. The van der Waals surface area contributed by atoms with Crippen LogP contribution in [0, 0.1) is 0 Å². The van der Waals surface area contributed by atoms with Gasteiger partial charge in [-0.05, 0) is 53.6 Å². The molecule has 0 unspecified atom stereocenters. The fraction of sp³-hybridized carbons (Fsp3) is 1.00. The van der Waals surface area contributed by atoms with Gasteiger partial charge in [-0.2, -0.15) is 0 Å². The summed E-state index contributed by atoms with van der Waals surface area (Å²) in [5, 5.41) is 0. The molecule has 0 aromatic heterocycles. The zero-order valence-corrected chi connectivity index (χ0v) is 11.7. The standard InChI is InChI=1S/C12H26BNO2/c1-7-14(8-2)10-9-13-15-11(3,4)12(5,6)16-13/h7-10H2,1-6H3. The van der Waals surface area contributed by atoms with Crippen molar-refractivity contribution in [3.63, 3.8) is 0 Å². The molecule has 1 heterocycles. The quantitative estimate of drug-likeness (QED) is 0.673. The summed E-state index contributed by atoms with van der Waals surface area (Å²) in [5.41, 5.74) is -0.387. The van der Waals surface area contributed by atoms with E-state index in [9.17, 15) is 0 Å². The van der Waals surface area contributed by atoms with Crippen LogP contribution in [0.2, 0.25) is 6.32 Å². The predicted molar refractivity (Wildman–Crippen MR) is 68.7 cm³/mol. The number of rotatable bonds is 5. The summed E-state index contributed by atoms with van der Waals surface area (Å²) in [6.45, 7) is 16.0. The highest BCUT2D eigenvalue weighted by molar-refractivity contribution is 6.45. The van der Waals surface area contributed by atoms with Crippen LogP contribution in [0.1, 0.15) is 41.5 Å². The first-order valence-electron chi connectivity index (χ1n) is 6.40. The Morgan fingerprint density at radius 3 is 1.75 bits per heavy atom. The van der Waals surface area contributed by atoms with Gasteiger partial charge in [0.25, 0.3) is 0 Å². The van der Waals surface area contributed by atoms with E-state index in [0.717, 1.165) is 26.0 Å². The van der Waals surface area contributed by atoms with Gasteiger partial charge in [-0.15, -0.1) is 0 Å². The second-order valence-electron chi connectivity index (χ2n) is 5.50. The SMILES string of the molecule is CCN(CC)CCB1OC(C)(C)C(C)(C)O1. The van der Waals surface area contributed by atoms with Crippen molar-refractivity contribution < 1.29 is 9.31 Å². The van der Waals surface area contributed by atoms with Gasteiger partial charge in [0.2, 0.25) is 0 Å². The van der Waals surface area contributed by atoms with E-state index in [0.29, 0.717) is 0 Å². The van der Waals surface area contributed by atoms with Gasteiger partial charge in [-0.3, -0.25) is 0 Å². The molecule has 0 N–H and O–H groups in total. The second kappa shape index (κ2) is 5.07. The van der Waals surface area contributed by atoms with E-state index in [2.05, 4.69) is 46.4 Å². The molecule has 0 aromatic carbocycles. The van der Waals surface area contributed by atoms with Crippen molar-refractivity contribution in [3.05, 3.63) is 0 Å². The van der Waals surface area contributed by atoms with Crippen LogP contribution in [0.25, 0.3) is 0 Å². The Hall–Kier alpha value is -0.0551. The lowest BCUT2D eigenvalue weighted by atomic mass is 9.85. The third kappa shape index (κ3) is 2.99. The maximum atomic E-state index is 5.95. The predicted octanol–water partition coefficient (Wildman–Crippen LogP) is 2.42. The van der Waals surface area contributed by atoms with E-state index in [4.69, 9.17) is 9.31 Å². The first-order chi connectivity index (χ1) is 7.32. The summed E-state index contributed by atoms with van der Waals surface area (Å²) in [6.07, 6.45) is 0.953. The van der Waals surface area contributed by atoms with E-state index >= 15 is 0 Å². The Morgan fingerprint density at radius 2 is 1.38 bits per heavy atom. The Balaban J connectivity index is 2.42. The minimum atomic E-state index is -0.194. The monoisotopic (exact) mass is 227 g/mol. The minimum Gasteiger partial charge on any atom is -0.403 e. The molecule has 0 radical (unpaired) electrons. The maximum Gasteiger partial charge on any atom is 0.459 e. The summed E-state index contributed by atoms with van der Waals surface area (Å²) in [7, 11) is -0.0504. The fourth-order valence-electron chi connectivity index (χ4n) is 1.91. The van der Waals surface area contributed by atoms with E-state index in [1.165, 1.54) is 0 Å². The molecule has 1 aliphatic rings. The third-order valence-corrected chi connectivity index (χ3v) is 3.88. The highest BCUT2D eigenvalue weighted by Gasteiger charge is 2.50. The summed E-state index contributed by atoms with van der Waals surface area (Å²) in [4.78, 5) is 2.39. The average molecular weight is 227 g/mol. The molecule has 3 nitrogen and oxygen atoms in total. The van der Waals surface area contributed by atoms with Crippen LogP contribution in [0.4, 0.5) is 0 Å². The van der Waals surface area contributed by atoms with Crippen LogP contribution in [0.3, 0.4) is 0 Å². The van der Waals surface area contributed by atoms with Crippen molar-refractivity contribution in [2.24, 2.45) is 0 Å². The van der Waals surface area contributed by atoms with Crippen LogP contribution in [0.5, 0.6) is 0 Å². The van der Waals surface area contributed by atoms with E-state index < -0.39 is 0 Å². The minimum absolute atomic E-state index is 0.0504. The number of hydrogen-bond acceptors (Lipinski definition) is 3.